The van der Waals surface area contributed by atoms with Crippen molar-refractivity contribution in [1.82, 2.24) is 19.7 Å². The SMILES string of the molecule is CCn1c(SCC(=O)Nc2cc(Cl)cc(Cl)c2)nnc1-c1ccncc1. The highest BCUT2D eigenvalue weighted by Gasteiger charge is 2.14. The van der Waals surface area contributed by atoms with Gasteiger partial charge in [-0.2, -0.15) is 0 Å². The summed E-state index contributed by atoms with van der Waals surface area (Å²) in [6.07, 6.45) is 3.42. The number of nitrogens with zero attached hydrogens (tertiary/aromatic N) is 4. The second-order valence-electron chi connectivity index (χ2n) is 5.28. The Balaban J connectivity index is 1.68. The molecule has 2 heterocycles. The molecule has 6 nitrogen and oxygen atoms in total. The van der Waals surface area contributed by atoms with Crippen molar-refractivity contribution >= 4 is 46.6 Å². The average molecular weight is 408 g/mol. The Bertz CT molecular complexity index is 897. The van der Waals surface area contributed by atoms with E-state index in [1.807, 2.05) is 23.6 Å². The van der Waals surface area contributed by atoms with E-state index in [1.54, 1.807) is 30.6 Å². The Morgan fingerprint density at radius 2 is 1.85 bits per heavy atom. The quantitative estimate of drug-likeness (QED) is 0.613. The van der Waals surface area contributed by atoms with Gasteiger partial charge in [0.2, 0.25) is 5.91 Å². The third kappa shape index (κ3) is 4.55. The van der Waals surface area contributed by atoms with Crippen molar-refractivity contribution in [3.8, 4) is 11.4 Å². The van der Waals surface area contributed by atoms with E-state index in [9.17, 15) is 4.79 Å². The standard InChI is InChI=1S/C17H15Cl2N5OS/c1-2-24-16(11-3-5-20-6-4-11)22-23-17(24)26-10-15(25)21-14-8-12(18)7-13(19)9-14/h3-9H,2,10H2,1H3,(H,21,25). The predicted molar refractivity (Wildman–Crippen MR) is 105 cm³/mol. The summed E-state index contributed by atoms with van der Waals surface area (Å²) in [5.74, 6) is 0.766. The minimum Gasteiger partial charge on any atom is -0.325 e. The molecule has 0 fully saturated rings. The molecule has 1 amide bonds. The summed E-state index contributed by atoms with van der Waals surface area (Å²) >= 11 is 13.2. The summed E-state index contributed by atoms with van der Waals surface area (Å²) in [6, 6.07) is 8.65. The lowest BCUT2D eigenvalue weighted by molar-refractivity contribution is -0.113. The number of hydrogen-bond acceptors (Lipinski definition) is 5. The van der Waals surface area contributed by atoms with Gasteiger partial charge < -0.3 is 9.88 Å². The van der Waals surface area contributed by atoms with Crippen LogP contribution in [0.2, 0.25) is 10.0 Å². The molecule has 0 aliphatic rings. The Kier molecular flexibility index (Phi) is 6.13. The summed E-state index contributed by atoms with van der Waals surface area (Å²) in [5, 5.41) is 12.8. The monoisotopic (exact) mass is 407 g/mol. The van der Waals surface area contributed by atoms with Gasteiger partial charge in [-0.05, 0) is 37.3 Å². The highest BCUT2D eigenvalue weighted by atomic mass is 35.5. The molecule has 0 aliphatic carbocycles. The molecule has 0 aliphatic heterocycles. The smallest absolute Gasteiger partial charge is 0.234 e. The van der Waals surface area contributed by atoms with Crippen molar-refractivity contribution in [2.45, 2.75) is 18.6 Å². The number of thioether (sulfide) groups is 1. The maximum absolute atomic E-state index is 12.2. The van der Waals surface area contributed by atoms with Crippen LogP contribution in [0.3, 0.4) is 0 Å². The molecule has 26 heavy (non-hydrogen) atoms. The third-order valence-electron chi connectivity index (χ3n) is 3.45. The number of anilines is 1. The van der Waals surface area contributed by atoms with Gasteiger partial charge in [0.25, 0.3) is 0 Å². The molecule has 3 aromatic rings. The van der Waals surface area contributed by atoms with Gasteiger partial charge in [-0.15, -0.1) is 10.2 Å². The first-order valence-corrected chi connectivity index (χ1v) is 9.53. The van der Waals surface area contributed by atoms with Crippen molar-refractivity contribution in [3.63, 3.8) is 0 Å². The number of aromatic nitrogens is 4. The van der Waals surface area contributed by atoms with Crippen molar-refractivity contribution in [2.24, 2.45) is 0 Å². The van der Waals surface area contributed by atoms with Gasteiger partial charge in [0.1, 0.15) is 0 Å². The number of halogens is 2. The van der Waals surface area contributed by atoms with Crippen molar-refractivity contribution in [1.29, 1.82) is 0 Å². The molecular weight excluding hydrogens is 393 g/mol. The molecule has 0 bridgehead atoms. The Labute approximate surface area is 164 Å². The fourth-order valence-electron chi connectivity index (χ4n) is 2.35. The zero-order chi connectivity index (χ0) is 18.5. The fourth-order valence-corrected chi connectivity index (χ4v) is 3.68. The first kappa shape index (κ1) is 18.7. The zero-order valence-electron chi connectivity index (χ0n) is 13.8. The van der Waals surface area contributed by atoms with E-state index in [-0.39, 0.29) is 11.7 Å². The average Bonchev–Trinajstić information content (AvgIpc) is 3.02. The second-order valence-corrected chi connectivity index (χ2v) is 7.10. The van der Waals surface area contributed by atoms with E-state index in [4.69, 9.17) is 23.2 Å². The number of rotatable bonds is 6. The van der Waals surface area contributed by atoms with Gasteiger partial charge in [-0.25, -0.2) is 0 Å². The molecule has 1 N–H and O–H groups in total. The Morgan fingerprint density at radius 3 is 2.50 bits per heavy atom. The number of carbonyl (C=O) groups excluding carboxylic acids is 1. The fraction of sp³-hybridized carbons (Fsp3) is 0.176. The van der Waals surface area contributed by atoms with Crippen molar-refractivity contribution < 1.29 is 4.79 Å². The number of pyridine rings is 1. The van der Waals surface area contributed by atoms with E-state index in [2.05, 4.69) is 20.5 Å². The van der Waals surface area contributed by atoms with Crippen LogP contribution >= 0.6 is 35.0 Å². The molecule has 0 atom stereocenters. The van der Waals surface area contributed by atoms with E-state index in [0.717, 1.165) is 11.4 Å². The number of benzene rings is 1. The van der Waals surface area contributed by atoms with Crippen LogP contribution in [0.25, 0.3) is 11.4 Å². The number of hydrogen-bond donors (Lipinski definition) is 1. The van der Waals surface area contributed by atoms with Crippen LogP contribution in [0.4, 0.5) is 5.69 Å². The maximum atomic E-state index is 12.2. The van der Waals surface area contributed by atoms with E-state index in [1.165, 1.54) is 11.8 Å². The molecule has 3 rings (SSSR count). The molecular formula is C17H15Cl2N5OS. The predicted octanol–water partition coefficient (Wildman–Crippen LogP) is 4.40. The minimum absolute atomic E-state index is 0.176. The lowest BCUT2D eigenvalue weighted by Crippen LogP contribution is -2.14. The van der Waals surface area contributed by atoms with Crippen molar-refractivity contribution in [2.75, 3.05) is 11.1 Å². The van der Waals surface area contributed by atoms with Gasteiger partial charge in [0, 0.05) is 40.2 Å². The topological polar surface area (TPSA) is 72.7 Å². The second kappa shape index (κ2) is 8.53. The molecule has 9 heteroatoms. The molecule has 134 valence electrons. The van der Waals surface area contributed by atoms with Gasteiger partial charge in [-0.3, -0.25) is 9.78 Å². The van der Waals surface area contributed by atoms with Crippen LogP contribution in [0.15, 0.2) is 47.9 Å². The van der Waals surface area contributed by atoms with Crippen LogP contribution in [-0.4, -0.2) is 31.4 Å². The molecule has 0 spiro atoms. The van der Waals surface area contributed by atoms with Crippen molar-refractivity contribution in [3.05, 3.63) is 52.8 Å². The summed E-state index contributed by atoms with van der Waals surface area (Å²) in [5.41, 5.74) is 1.49. The molecule has 0 saturated heterocycles. The van der Waals surface area contributed by atoms with E-state index < -0.39 is 0 Å². The molecule has 1 aromatic carbocycles. The van der Waals surface area contributed by atoms with Crippen LogP contribution in [0.1, 0.15) is 6.92 Å². The first-order chi connectivity index (χ1) is 12.6. The molecule has 0 saturated carbocycles. The highest BCUT2D eigenvalue weighted by molar-refractivity contribution is 7.99. The van der Waals surface area contributed by atoms with E-state index >= 15 is 0 Å². The lowest BCUT2D eigenvalue weighted by atomic mass is 10.2. The Morgan fingerprint density at radius 1 is 1.15 bits per heavy atom. The Hall–Kier alpha value is -2.09. The van der Waals surface area contributed by atoms with Crippen LogP contribution in [-0.2, 0) is 11.3 Å². The van der Waals surface area contributed by atoms with Gasteiger partial charge in [0.15, 0.2) is 11.0 Å². The first-order valence-electron chi connectivity index (χ1n) is 7.79. The zero-order valence-corrected chi connectivity index (χ0v) is 16.1. The third-order valence-corrected chi connectivity index (χ3v) is 4.85. The van der Waals surface area contributed by atoms with E-state index in [0.29, 0.717) is 27.4 Å². The number of amides is 1. The largest absolute Gasteiger partial charge is 0.325 e. The normalized spacial score (nSPS) is 10.7. The maximum Gasteiger partial charge on any atom is 0.234 e. The van der Waals surface area contributed by atoms with Crippen LogP contribution < -0.4 is 5.32 Å². The van der Waals surface area contributed by atoms with Gasteiger partial charge in [-0.1, -0.05) is 35.0 Å². The lowest BCUT2D eigenvalue weighted by Gasteiger charge is -2.08. The molecule has 0 radical (unpaired) electrons. The summed E-state index contributed by atoms with van der Waals surface area (Å²) in [6.45, 7) is 2.70. The summed E-state index contributed by atoms with van der Waals surface area (Å²) < 4.78 is 1.96. The molecule has 0 unspecified atom stereocenters. The minimum atomic E-state index is -0.176. The van der Waals surface area contributed by atoms with Gasteiger partial charge in [0.05, 0.1) is 5.75 Å². The number of nitrogens with one attached hydrogen (secondary N) is 1. The van der Waals surface area contributed by atoms with Crippen LogP contribution in [0, 0.1) is 0 Å². The number of carbonyl (C=O) groups is 1. The van der Waals surface area contributed by atoms with Gasteiger partial charge >= 0.3 is 0 Å². The summed E-state index contributed by atoms with van der Waals surface area (Å²) in [4.78, 5) is 16.2. The highest BCUT2D eigenvalue weighted by Crippen LogP contribution is 2.25. The molecule has 2 aromatic heterocycles. The van der Waals surface area contributed by atoms with Crippen LogP contribution in [0.5, 0.6) is 0 Å². The summed E-state index contributed by atoms with van der Waals surface area (Å²) in [7, 11) is 0.